The largest absolute Gasteiger partial charge is 0.454 e. The first-order valence-electron chi connectivity index (χ1n) is 8.43. The highest BCUT2D eigenvalue weighted by Gasteiger charge is 2.22. The zero-order valence-electron chi connectivity index (χ0n) is 15.2. The van der Waals surface area contributed by atoms with E-state index in [2.05, 4.69) is 4.72 Å². The highest BCUT2D eigenvalue weighted by Crippen LogP contribution is 2.35. The van der Waals surface area contributed by atoms with Crippen LogP contribution in [0.25, 0.3) is 0 Å². The van der Waals surface area contributed by atoms with Crippen LogP contribution in [0, 0.1) is 6.92 Å². The Bertz CT molecular complexity index is 881. The number of benzene rings is 2. The molecule has 0 bridgehead atoms. The van der Waals surface area contributed by atoms with Gasteiger partial charge in [-0.25, -0.2) is 13.1 Å². The predicted octanol–water partition coefficient (Wildman–Crippen LogP) is 2.45. The fraction of sp³-hybridized carbons (Fsp3) is 0.368. The van der Waals surface area contributed by atoms with E-state index in [9.17, 15) is 8.42 Å². The highest BCUT2D eigenvalue weighted by atomic mass is 32.2. The van der Waals surface area contributed by atoms with E-state index < -0.39 is 10.0 Å². The molecule has 0 amide bonds. The Kier molecular flexibility index (Phi) is 5.50. The van der Waals surface area contributed by atoms with Crippen molar-refractivity contribution in [2.24, 2.45) is 0 Å². The Morgan fingerprint density at radius 1 is 1.12 bits per heavy atom. The van der Waals surface area contributed by atoms with Crippen LogP contribution in [0.4, 0.5) is 0 Å². The van der Waals surface area contributed by atoms with E-state index in [0.717, 1.165) is 16.7 Å². The van der Waals surface area contributed by atoms with Gasteiger partial charge < -0.3 is 14.4 Å². The second-order valence-electron chi connectivity index (χ2n) is 6.63. The number of hydrogen-bond donors (Lipinski definition) is 1. The van der Waals surface area contributed by atoms with Crippen LogP contribution < -0.4 is 14.2 Å². The van der Waals surface area contributed by atoms with Crippen LogP contribution in [-0.2, 0) is 15.8 Å². The Balaban J connectivity index is 1.71. The fourth-order valence-corrected chi connectivity index (χ4v) is 4.20. The van der Waals surface area contributed by atoms with Crippen LogP contribution in [-0.4, -0.2) is 40.8 Å². The van der Waals surface area contributed by atoms with Gasteiger partial charge in [-0.3, -0.25) is 0 Å². The molecule has 26 heavy (non-hydrogen) atoms. The number of fused-ring (bicyclic) bond motifs is 1. The molecule has 0 radical (unpaired) electrons. The molecule has 1 unspecified atom stereocenters. The summed E-state index contributed by atoms with van der Waals surface area (Å²) in [5.41, 5.74) is 2.75. The van der Waals surface area contributed by atoms with Crippen molar-refractivity contribution in [2.75, 3.05) is 27.4 Å². The maximum atomic E-state index is 12.5. The molecular weight excluding hydrogens is 352 g/mol. The van der Waals surface area contributed by atoms with Gasteiger partial charge in [-0.15, -0.1) is 0 Å². The van der Waals surface area contributed by atoms with Gasteiger partial charge in [0.05, 0.1) is 5.75 Å². The summed E-state index contributed by atoms with van der Waals surface area (Å²) in [5.74, 6) is 1.38. The van der Waals surface area contributed by atoms with E-state index in [0.29, 0.717) is 11.5 Å². The normalized spacial score (nSPS) is 14.6. The molecule has 1 heterocycles. The topological polar surface area (TPSA) is 67.9 Å². The van der Waals surface area contributed by atoms with Gasteiger partial charge in [-0.1, -0.05) is 30.3 Å². The molecule has 0 fully saturated rings. The summed E-state index contributed by atoms with van der Waals surface area (Å²) < 4.78 is 38.6. The molecule has 6 nitrogen and oxygen atoms in total. The average Bonchev–Trinajstić information content (AvgIpc) is 3.04. The lowest BCUT2D eigenvalue weighted by molar-refractivity contribution is 0.174. The molecule has 3 rings (SSSR count). The van der Waals surface area contributed by atoms with E-state index in [1.807, 2.05) is 68.4 Å². The molecular formula is C19H24N2O4S. The van der Waals surface area contributed by atoms with Crippen LogP contribution in [0.1, 0.15) is 22.7 Å². The fourth-order valence-electron chi connectivity index (χ4n) is 2.95. The van der Waals surface area contributed by atoms with Gasteiger partial charge in [0.15, 0.2) is 11.5 Å². The van der Waals surface area contributed by atoms with Gasteiger partial charge in [0, 0.05) is 12.6 Å². The summed E-state index contributed by atoms with van der Waals surface area (Å²) in [6.07, 6.45) is 0. The van der Waals surface area contributed by atoms with E-state index in [4.69, 9.17) is 9.47 Å². The molecule has 1 aliphatic heterocycles. The van der Waals surface area contributed by atoms with Gasteiger partial charge in [-0.2, -0.15) is 0 Å². The van der Waals surface area contributed by atoms with Gasteiger partial charge in [-0.05, 0) is 49.8 Å². The smallest absolute Gasteiger partial charge is 0.231 e. The predicted molar refractivity (Wildman–Crippen MR) is 101 cm³/mol. The Morgan fingerprint density at radius 2 is 1.85 bits per heavy atom. The van der Waals surface area contributed by atoms with E-state index in [1.165, 1.54) is 0 Å². The molecule has 0 saturated heterocycles. The molecule has 0 aliphatic carbocycles. The number of rotatable bonds is 7. The minimum atomic E-state index is -3.44. The summed E-state index contributed by atoms with van der Waals surface area (Å²) >= 11 is 0. The number of hydrogen-bond acceptors (Lipinski definition) is 5. The summed E-state index contributed by atoms with van der Waals surface area (Å²) in [6, 6.07) is 13.1. The van der Waals surface area contributed by atoms with Crippen molar-refractivity contribution in [1.29, 1.82) is 0 Å². The summed E-state index contributed by atoms with van der Waals surface area (Å²) in [6.45, 7) is 2.41. The SMILES string of the molecule is Cc1ccccc1CS(=O)(=O)NCC(c1ccc2c(c1)OCO2)N(C)C. The van der Waals surface area contributed by atoms with Gasteiger partial charge in [0.2, 0.25) is 16.8 Å². The third-order valence-corrected chi connectivity index (χ3v) is 5.81. The average molecular weight is 376 g/mol. The lowest BCUT2D eigenvalue weighted by Crippen LogP contribution is -2.35. The van der Waals surface area contributed by atoms with Gasteiger partial charge in [0.25, 0.3) is 0 Å². The van der Waals surface area contributed by atoms with Crippen LogP contribution in [0.2, 0.25) is 0 Å². The zero-order chi connectivity index (χ0) is 18.7. The van der Waals surface area contributed by atoms with E-state index in [1.54, 1.807) is 0 Å². The number of sulfonamides is 1. The first-order valence-corrected chi connectivity index (χ1v) is 10.1. The summed E-state index contributed by atoms with van der Waals surface area (Å²) in [7, 11) is 0.405. The standard InChI is InChI=1S/C19H24N2O4S/c1-14-6-4-5-7-16(14)12-26(22,23)20-11-17(21(2)3)15-8-9-18-19(10-15)25-13-24-18/h4-10,17,20H,11-13H2,1-3H3. The zero-order valence-corrected chi connectivity index (χ0v) is 16.0. The molecule has 2 aromatic carbocycles. The second-order valence-corrected chi connectivity index (χ2v) is 8.43. The monoisotopic (exact) mass is 376 g/mol. The van der Waals surface area contributed by atoms with Crippen LogP contribution in [0.5, 0.6) is 11.5 Å². The van der Waals surface area contributed by atoms with Crippen molar-refractivity contribution < 1.29 is 17.9 Å². The van der Waals surface area contributed by atoms with Crippen molar-refractivity contribution >= 4 is 10.0 Å². The van der Waals surface area contributed by atoms with Gasteiger partial charge >= 0.3 is 0 Å². The quantitative estimate of drug-likeness (QED) is 0.804. The number of aryl methyl sites for hydroxylation is 1. The van der Waals surface area contributed by atoms with Crippen molar-refractivity contribution in [3.63, 3.8) is 0 Å². The lowest BCUT2D eigenvalue weighted by Gasteiger charge is -2.25. The Hall–Kier alpha value is -2.09. The highest BCUT2D eigenvalue weighted by molar-refractivity contribution is 7.88. The minimum Gasteiger partial charge on any atom is -0.454 e. The van der Waals surface area contributed by atoms with Crippen molar-refractivity contribution in [3.05, 3.63) is 59.2 Å². The molecule has 0 spiro atoms. The number of ether oxygens (including phenoxy) is 2. The Labute approximate surface area is 154 Å². The molecule has 0 aromatic heterocycles. The van der Waals surface area contributed by atoms with Crippen molar-refractivity contribution in [3.8, 4) is 11.5 Å². The Morgan fingerprint density at radius 3 is 2.58 bits per heavy atom. The van der Waals surface area contributed by atoms with E-state index >= 15 is 0 Å². The molecule has 1 aliphatic rings. The van der Waals surface area contributed by atoms with Crippen LogP contribution in [0.15, 0.2) is 42.5 Å². The summed E-state index contributed by atoms with van der Waals surface area (Å²) in [5, 5.41) is 0. The lowest BCUT2D eigenvalue weighted by atomic mass is 10.1. The minimum absolute atomic E-state index is 0.0268. The van der Waals surface area contributed by atoms with Crippen LogP contribution >= 0.6 is 0 Å². The molecule has 140 valence electrons. The van der Waals surface area contributed by atoms with E-state index in [-0.39, 0.29) is 25.1 Å². The summed E-state index contributed by atoms with van der Waals surface area (Å²) in [4.78, 5) is 1.98. The van der Waals surface area contributed by atoms with Crippen molar-refractivity contribution in [1.82, 2.24) is 9.62 Å². The maximum Gasteiger partial charge on any atom is 0.231 e. The molecule has 1 atom stereocenters. The van der Waals surface area contributed by atoms with Gasteiger partial charge in [0.1, 0.15) is 0 Å². The number of likely N-dealkylation sites (N-methyl/N-ethyl adjacent to an activating group) is 1. The molecule has 2 aromatic rings. The number of nitrogens with one attached hydrogen (secondary N) is 1. The third-order valence-electron chi connectivity index (χ3n) is 4.51. The first kappa shape index (κ1) is 18.7. The molecule has 0 saturated carbocycles. The van der Waals surface area contributed by atoms with Crippen molar-refractivity contribution in [2.45, 2.75) is 18.7 Å². The second kappa shape index (κ2) is 7.65. The molecule has 1 N–H and O–H groups in total. The molecule has 7 heteroatoms. The van der Waals surface area contributed by atoms with Crippen LogP contribution in [0.3, 0.4) is 0 Å². The third kappa shape index (κ3) is 4.35. The maximum absolute atomic E-state index is 12.5. The number of nitrogens with zero attached hydrogens (tertiary/aromatic N) is 1. The first-order chi connectivity index (χ1) is 12.4.